The Hall–Kier alpha value is -4.77. The molecule has 10 heteroatoms. The molecule has 3 aromatic carbocycles. The Morgan fingerprint density at radius 3 is 2.33 bits per heavy atom. The number of pyridine rings is 2. The van der Waals surface area contributed by atoms with Crippen molar-refractivity contribution in [1.82, 2.24) is 19.6 Å². The monoisotopic (exact) mass is 619 g/mol. The lowest BCUT2D eigenvalue weighted by atomic mass is 9.91. The van der Waals surface area contributed by atoms with Gasteiger partial charge in [0.2, 0.25) is 0 Å². The highest BCUT2D eigenvalue weighted by molar-refractivity contribution is 7.89. The molecule has 6 rings (SSSR count). The fraction of sp³-hybridized carbons (Fsp3) is 0.200. The van der Waals surface area contributed by atoms with Gasteiger partial charge in [-0.1, -0.05) is 78.9 Å². The van der Waals surface area contributed by atoms with E-state index in [1.807, 2.05) is 42.5 Å². The van der Waals surface area contributed by atoms with Crippen molar-refractivity contribution in [3.63, 3.8) is 0 Å². The van der Waals surface area contributed by atoms with Crippen molar-refractivity contribution in [3.05, 3.63) is 154 Å². The van der Waals surface area contributed by atoms with Crippen LogP contribution in [0.1, 0.15) is 47.0 Å². The van der Waals surface area contributed by atoms with E-state index in [0.717, 1.165) is 47.3 Å². The molecule has 2 aromatic heterocycles. The Labute approximate surface area is 262 Å². The van der Waals surface area contributed by atoms with E-state index in [2.05, 4.69) is 34.6 Å². The third-order valence-corrected chi connectivity index (χ3v) is 9.87. The van der Waals surface area contributed by atoms with Crippen molar-refractivity contribution in [1.29, 1.82) is 0 Å². The van der Waals surface area contributed by atoms with Crippen LogP contribution in [-0.2, 0) is 36.1 Å². The van der Waals surface area contributed by atoms with E-state index >= 15 is 0 Å². The van der Waals surface area contributed by atoms with Gasteiger partial charge in [-0.3, -0.25) is 20.1 Å². The molecule has 0 amide bonds. The molecular weight excluding hydrogens is 586 g/mol. The second-order valence-corrected chi connectivity index (χ2v) is 13.0. The molecule has 1 aliphatic carbocycles. The number of aromatic nitrogens is 2. The van der Waals surface area contributed by atoms with Gasteiger partial charge in [0.05, 0.1) is 34.6 Å². The summed E-state index contributed by atoms with van der Waals surface area (Å²) in [5.74, 6) is 0. The normalized spacial score (nSPS) is 14.6. The predicted octanol–water partition coefficient (Wildman–Crippen LogP) is 6.61. The maximum absolute atomic E-state index is 13.8. The van der Waals surface area contributed by atoms with Gasteiger partial charge >= 0.3 is 0 Å². The number of benzene rings is 3. The van der Waals surface area contributed by atoms with Gasteiger partial charge in [0, 0.05) is 30.9 Å². The van der Waals surface area contributed by atoms with Gasteiger partial charge in [-0.15, -0.1) is 0 Å². The first-order valence-electron chi connectivity index (χ1n) is 14.9. The standard InChI is InChI=1S/C35H33N5O4S/c41-40(42)33-14-4-5-15-34(33)45(43,44)39(25-30-12-6-7-22-36-30)24-27-18-16-26(17-19-27)23-37-32-13-8-11-29-20-21-31(38-35(29)32)28-9-2-1-3-10-28/h1-7,9-10,12,14-22,32,37H,8,11,13,23-25H2. The van der Waals surface area contributed by atoms with Crippen molar-refractivity contribution in [2.24, 2.45) is 0 Å². The Morgan fingerprint density at radius 2 is 1.58 bits per heavy atom. The second-order valence-electron chi connectivity index (χ2n) is 11.1. The van der Waals surface area contributed by atoms with E-state index in [4.69, 9.17) is 4.98 Å². The average molecular weight is 620 g/mol. The molecule has 0 fully saturated rings. The number of hydrogen-bond donors (Lipinski definition) is 1. The van der Waals surface area contributed by atoms with Gasteiger partial charge in [0.15, 0.2) is 4.90 Å². The molecule has 1 atom stereocenters. The first kappa shape index (κ1) is 30.3. The van der Waals surface area contributed by atoms with Crippen LogP contribution in [0.25, 0.3) is 11.3 Å². The van der Waals surface area contributed by atoms with Crippen molar-refractivity contribution in [2.75, 3.05) is 0 Å². The predicted molar refractivity (Wildman–Crippen MR) is 172 cm³/mol. The summed E-state index contributed by atoms with van der Waals surface area (Å²) < 4.78 is 28.8. The lowest BCUT2D eigenvalue weighted by molar-refractivity contribution is -0.387. The van der Waals surface area contributed by atoms with Crippen LogP contribution in [0, 0.1) is 10.1 Å². The zero-order valence-electron chi connectivity index (χ0n) is 24.6. The van der Waals surface area contributed by atoms with Gasteiger partial charge in [-0.2, -0.15) is 4.31 Å². The summed E-state index contributed by atoms with van der Waals surface area (Å²) in [7, 11) is -4.23. The van der Waals surface area contributed by atoms with Crippen molar-refractivity contribution >= 4 is 15.7 Å². The van der Waals surface area contributed by atoms with Crippen LogP contribution in [-0.4, -0.2) is 27.6 Å². The lowest BCUT2D eigenvalue weighted by Gasteiger charge is -2.26. The zero-order chi connectivity index (χ0) is 31.2. The van der Waals surface area contributed by atoms with Crippen LogP contribution in [0.2, 0.25) is 0 Å². The zero-order valence-corrected chi connectivity index (χ0v) is 25.4. The smallest absolute Gasteiger partial charge is 0.289 e. The van der Waals surface area contributed by atoms with Crippen molar-refractivity contribution in [2.45, 2.75) is 49.8 Å². The molecule has 0 radical (unpaired) electrons. The number of hydrogen-bond acceptors (Lipinski definition) is 7. The SMILES string of the molecule is O=[N+]([O-])c1ccccc1S(=O)(=O)N(Cc1ccc(CNC2CCCc3ccc(-c4ccccc4)nc32)cc1)Cc1ccccn1. The van der Waals surface area contributed by atoms with E-state index in [9.17, 15) is 18.5 Å². The third kappa shape index (κ3) is 6.99. The molecule has 228 valence electrons. The van der Waals surface area contributed by atoms with Crippen molar-refractivity contribution in [3.8, 4) is 11.3 Å². The summed E-state index contributed by atoms with van der Waals surface area (Å²) in [6, 6.07) is 33.1. The molecule has 0 saturated carbocycles. The molecule has 1 unspecified atom stereocenters. The summed E-state index contributed by atoms with van der Waals surface area (Å²) >= 11 is 0. The van der Waals surface area contributed by atoms with Gasteiger partial charge in [0.25, 0.3) is 15.7 Å². The fourth-order valence-corrected chi connectivity index (χ4v) is 7.25. The Kier molecular flexibility index (Phi) is 9.06. The van der Waals surface area contributed by atoms with Crippen molar-refractivity contribution < 1.29 is 13.3 Å². The molecular formula is C35H33N5O4S. The molecule has 0 bridgehead atoms. The number of nitro benzene ring substituents is 1. The van der Waals surface area contributed by atoms with Crippen LogP contribution in [0.15, 0.2) is 120 Å². The molecule has 2 heterocycles. The minimum absolute atomic E-state index is 0.0286. The highest BCUT2D eigenvalue weighted by atomic mass is 32.2. The van der Waals surface area contributed by atoms with Gasteiger partial charge in [-0.25, -0.2) is 8.42 Å². The topological polar surface area (TPSA) is 118 Å². The minimum atomic E-state index is -4.23. The maximum Gasteiger partial charge on any atom is 0.289 e. The van der Waals surface area contributed by atoms with Crippen LogP contribution >= 0.6 is 0 Å². The van der Waals surface area contributed by atoms with Gasteiger partial charge < -0.3 is 5.32 Å². The fourth-order valence-electron chi connectivity index (χ4n) is 5.69. The lowest BCUT2D eigenvalue weighted by Crippen LogP contribution is -2.31. The Morgan fingerprint density at radius 1 is 0.844 bits per heavy atom. The maximum atomic E-state index is 13.8. The first-order chi connectivity index (χ1) is 21.9. The highest BCUT2D eigenvalue weighted by Gasteiger charge is 2.32. The number of sulfonamides is 1. The van der Waals surface area contributed by atoms with E-state index < -0.39 is 20.6 Å². The number of nitro groups is 1. The number of fused-ring (bicyclic) bond motifs is 1. The van der Waals surface area contributed by atoms with Gasteiger partial charge in [-0.05, 0) is 60.2 Å². The molecule has 0 aliphatic heterocycles. The summed E-state index contributed by atoms with van der Waals surface area (Å²) in [4.78, 5) is 20.0. The third-order valence-electron chi connectivity index (χ3n) is 8.03. The van der Waals surface area contributed by atoms with E-state index in [1.165, 1.54) is 34.1 Å². The highest BCUT2D eigenvalue weighted by Crippen LogP contribution is 2.31. The number of rotatable bonds is 11. The minimum Gasteiger partial charge on any atom is -0.305 e. The summed E-state index contributed by atoms with van der Waals surface area (Å²) in [6.07, 6.45) is 4.71. The molecule has 0 saturated heterocycles. The molecule has 5 aromatic rings. The first-order valence-corrected chi connectivity index (χ1v) is 16.3. The van der Waals surface area contributed by atoms with E-state index in [0.29, 0.717) is 12.2 Å². The molecule has 0 spiro atoms. The molecule has 45 heavy (non-hydrogen) atoms. The van der Waals surface area contributed by atoms with Crippen LogP contribution in [0.3, 0.4) is 0 Å². The van der Waals surface area contributed by atoms with Crippen LogP contribution < -0.4 is 5.32 Å². The average Bonchev–Trinajstić information content (AvgIpc) is 3.08. The summed E-state index contributed by atoms with van der Waals surface area (Å²) in [5, 5.41) is 15.4. The number of para-hydroxylation sites is 1. The number of nitrogens with zero attached hydrogens (tertiary/aromatic N) is 4. The molecule has 9 nitrogen and oxygen atoms in total. The Bertz CT molecular complexity index is 1890. The van der Waals surface area contributed by atoms with Crippen LogP contribution in [0.4, 0.5) is 5.69 Å². The van der Waals surface area contributed by atoms with Crippen LogP contribution in [0.5, 0.6) is 0 Å². The largest absolute Gasteiger partial charge is 0.305 e. The quantitative estimate of drug-likeness (QED) is 0.131. The number of aryl methyl sites for hydroxylation is 1. The Balaban J connectivity index is 1.19. The van der Waals surface area contributed by atoms with E-state index in [-0.39, 0.29) is 24.0 Å². The second kappa shape index (κ2) is 13.5. The molecule has 1 aliphatic rings. The number of nitrogens with one attached hydrogen (secondary N) is 1. The summed E-state index contributed by atoms with van der Waals surface area (Å²) in [5.41, 5.74) is 6.35. The van der Waals surface area contributed by atoms with E-state index in [1.54, 1.807) is 24.4 Å². The van der Waals surface area contributed by atoms with Gasteiger partial charge in [0.1, 0.15) is 0 Å². The summed E-state index contributed by atoms with van der Waals surface area (Å²) in [6.45, 7) is 0.631. The molecule has 1 N–H and O–H groups in total.